The van der Waals surface area contributed by atoms with Crippen molar-refractivity contribution in [3.8, 4) is 0 Å². The lowest BCUT2D eigenvalue weighted by Gasteiger charge is -2.31. The first kappa shape index (κ1) is 17.6. The molecule has 0 bridgehead atoms. The molecule has 2 rings (SSSR count). The van der Waals surface area contributed by atoms with Gasteiger partial charge in [0.05, 0.1) is 5.60 Å². The number of carbonyl (C=O) groups excluding carboxylic acids is 2. The van der Waals surface area contributed by atoms with E-state index in [0.717, 1.165) is 31.4 Å². The van der Waals surface area contributed by atoms with E-state index in [9.17, 15) is 23.5 Å². The molecule has 0 heterocycles. The van der Waals surface area contributed by atoms with Crippen molar-refractivity contribution in [1.82, 2.24) is 5.32 Å². The van der Waals surface area contributed by atoms with Crippen molar-refractivity contribution < 1.29 is 23.5 Å². The molecule has 0 aliphatic heterocycles. The molecule has 1 fully saturated rings. The van der Waals surface area contributed by atoms with Crippen molar-refractivity contribution in [3.63, 3.8) is 0 Å². The number of aliphatic hydroxyl groups is 1. The first-order chi connectivity index (χ1) is 10.8. The molecule has 3 N–H and O–H groups in total. The van der Waals surface area contributed by atoms with Gasteiger partial charge in [-0.05, 0) is 25.0 Å². The van der Waals surface area contributed by atoms with Gasteiger partial charge in [-0.3, -0.25) is 9.59 Å². The Labute approximate surface area is 137 Å². The molecule has 1 saturated carbocycles. The van der Waals surface area contributed by atoms with E-state index in [2.05, 4.69) is 5.32 Å². The lowest BCUT2D eigenvalue weighted by Crippen LogP contribution is -2.47. The second kappa shape index (κ2) is 7.23. The van der Waals surface area contributed by atoms with Gasteiger partial charge in [0.1, 0.15) is 5.69 Å². The van der Waals surface area contributed by atoms with Crippen LogP contribution in [0, 0.1) is 11.6 Å². The summed E-state index contributed by atoms with van der Waals surface area (Å²) in [5.74, 6) is -4.45. The van der Waals surface area contributed by atoms with Crippen LogP contribution in [0.3, 0.4) is 0 Å². The van der Waals surface area contributed by atoms with Gasteiger partial charge in [-0.1, -0.05) is 30.9 Å². The van der Waals surface area contributed by atoms with Gasteiger partial charge in [0, 0.05) is 11.6 Å². The second-order valence-corrected chi connectivity index (χ2v) is 6.10. The third-order valence-electron chi connectivity index (χ3n) is 3.81. The van der Waals surface area contributed by atoms with Crippen LogP contribution in [-0.2, 0) is 9.59 Å². The molecule has 0 unspecified atom stereocenters. The Morgan fingerprint density at radius 1 is 1.13 bits per heavy atom. The zero-order chi connectivity index (χ0) is 17.0. The van der Waals surface area contributed by atoms with Crippen LogP contribution in [0.4, 0.5) is 14.5 Å². The molecule has 1 aromatic rings. The molecule has 1 aliphatic rings. The molecule has 1 aromatic carbocycles. The van der Waals surface area contributed by atoms with E-state index in [1.165, 1.54) is 0 Å². The molecule has 1 aliphatic carbocycles. The summed E-state index contributed by atoms with van der Waals surface area (Å²) in [6.07, 6.45) is 3.79. The van der Waals surface area contributed by atoms with Crippen LogP contribution in [0.1, 0.15) is 32.1 Å². The van der Waals surface area contributed by atoms with Gasteiger partial charge in [0.2, 0.25) is 0 Å². The standard InChI is InChI=1S/C15H17ClF2N2O3/c16-9-6-10(17)12(11(18)7-9)20-14(22)13(21)19-8-15(23)4-2-1-3-5-15/h6-7,23H,1-5,8H2,(H,19,21)(H,20,22). The maximum Gasteiger partial charge on any atom is 0.313 e. The van der Waals surface area contributed by atoms with Crippen molar-refractivity contribution in [1.29, 1.82) is 0 Å². The second-order valence-electron chi connectivity index (χ2n) is 5.67. The number of benzene rings is 1. The average Bonchev–Trinajstić information content (AvgIpc) is 2.49. The average molecular weight is 347 g/mol. The highest BCUT2D eigenvalue weighted by Crippen LogP contribution is 2.27. The number of amides is 2. The SMILES string of the molecule is O=C(NCC1(O)CCCCC1)C(=O)Nc1c(F)cc(Cl)cc1F. The Morgan fingerprint density at radius 2 is 1.70 bits per heavy atom. The van der Waals surface area contributed by atoms with Crippen molar-refractivity contribution in [2.75, 3.05) is 11.9 Å². The summed E-state index contributed by atoms with van der Waals surface area (Å²) in [5, 5.41) is 14.2. The summed E-state index contributed by atoms with van der Waals surface area (Å²) in [4.78, 5) is 23.4. The van der Waals surface area contributed by atoms with Crippen LogP contribution in [0.5, 0.6) is 0 Å². The Hall–Kier alpha value is -1.73. The minimum Gasteiger partial charge on any atom is -0.388 e. The van der Waals surface area contributed by atoms with E-state index in [4.69, 9.17) is 11.6 Å². The minimum absolute atomic E-state index is 0.0785. The van der Waals surface area contributed by atoms with E-state index in [1.807, 2.05) is 5.32 Å². The first-order valence-corrected chi connectivity index (χ1v) is 7.65. The van der Waals surface area contributed by atoms with E-state index < -0.39 is 34.7 Å². The largest absolute Gasteiger partial charge is 0.388 e. The minimum atomic E-state index is -1.22. The Balaban J connectivity index is 1.94. The fraction of sp³-hybridized carbons (Fsp3) is 0.467. The van der Waals surface area contributed by atoms with E-state index in [-0.39, 0.29) is 11.6 Å². The number of hydrogen-bond acceptors (Lipinski definition) is 3. The van der Waals surface area contributed by atoms with Crippen LogP contribution < -0.4 is 10.6 Å². The molecule has 0 aromatic heterocycles. The van der Waals surface area contributed by atoms with Crippen molar-refractivity contribution in [2.24, 2.45) is 0 Å². The summed E-state index contributed by atoms with van der Waals surface area (Å²) in [5.41, 5.74) is -1.78. The number of hydrogen-bond donors (Lipinski definition) is 3. The predicted molar refractivity (Wildman–Crippen MR) is 81.0 cm³/mol. The van der Waals surface area contributed by atoms with Crippen LogP contribution in [-0.4, -0.2) is 29.1 Å². The predicted octanol–water partition coefficient (Wildman–Crippen LogP) is 2.37. The lowest BCUT2D eigenvalue weighted by atomic mass is 9.85. The molecule has 23 heavy (non-hydrogen) atoms. The fourth-order valence-electron chi connectivity index (χ4n) is 2.54. The van der Waals surface area contributed by atoms with Crippen molar-refractivity contribution >= 4 is 29.1 Å². The molecule has 0 atom stereocenters. The summed E-state index contributed by atoms with van der Waals surface area (Å²) in [6, 6.07) is 1.64. The zero-order valence-corrected chi connectivity index (χ0v) is 13.1. The zero-order valence-electron chi connectivity index (χ0n) is 12.3. The third kappa shape index (κ3) is 4.62. The number of carbonyl (C=O) groups is 2. The van der Waals surface area contributed by atoms with Gasteiger partial charge in [-0.15, -0.1) is 0 Å². The van der Waals surface area contributed by atoms with Gasteiger partial charge in [0.25, 0.3) is 0 Å². The summed E-state index contributed by atoms with van der Waals surface area (Å²) in [7, 11) is 0. The van der Waals surface area contributed by atoms with Gasteiger partial charge in [-0.2, -0.15) is 0 Å². The highest BCUT2D eigenvalue weighted by Gasteiger charge is 2.30. The topological polar surface area (TPSA) is 78.4 Å². The van der Waals surface area contributed by atoms with E-state index >= 15 is 0 Å². The molecular formula is C15H17ClF2N2O3. The fourth-order valence-corrected chi connectivity index (χ4v) is 2.74. The van der Waals surface area contributed by atoms with Crippen LogP contribution in [0.25, 0.3) is 0 Å². The Bertz CT molecular complexity index is 596. The molecule has 5 nitrogen and oxygen atoms in total. The number of anilines is 1. The highest BCUT2D eigenvalue weighted by atomic mass is 35.5. The molecule has 126 valence electrons. The highest BCUT2D eigenvalue weighted by molar-refractivity contribution is 6.39. The Kier molecular flexibility index (Phi) is 5.54. The van der Waals surface area contributed by atoms with Crippen molar-refractivity contribution in [2.45, 2.75) is 37.7 Å². The van der Waals surface area contributed by atoms with Gasteiger partial charge in [-0.25, -0.2) is 8.78 Å². The third-order valence-corrected chi connectivity index (χ3v) is 4.03. The number of halogens is 3. The van der Waals surface area contributed by atoms with Gasteiger partial charge >= 0.3 is 11.8 Å². The molecule has 0 saturated heterocycles. The van der Waals surface area contributed by atoms with Crippen LogP contribution >= 0.6 is 11.6 Å². The Morgan fingerprint density at radius 3 is 2.26 bits per heavy atom. The maximum absolute atomic E-state index is 13.6. The number of nitrogens with one attached hydrogen (secondary N) is 2. The summed E-state index contributed by atoms with van der Waals surface area (Å²) >= 11 is 5.47. The van der Waals surface area contributed by atoms with E-state index in [1.54, 1.807) is 0 Å². The molecule has 8 heteroatoms. The molecule has 0 radical (unpaired) electrons. The molecule has 2 amide bonds. The van der Waals surface area contributed by atoms with E-state index in [0.29, 0.717) is 12.8 Å². The normalized spacial score (nSPS) is 16.7. The van der Waals surface area contributed by atoms with Crippen LogP contribution in [0.15, 0.2) is 12.1 Å². The summed E-state index contributed by atoms with van der Waals surface area (Å²) in [6.45, 7) is -0.0785. The van der Waals surface area contributed by atoms with Gasteiger partial charge in [0.15, 0.2) is 11.6 Å². The van der Waals surface area contributed by atoms with Gasteiger partial charge < -0.3 is 15.7 Å². The van der Waals surface area contributed by atoms with Crippen LogP contribution in [0.2, 0.25) is 5.02 Å². The molecular weight excluding hydrogens is 330 g/mol. The monoisotopic (exact) mass is 346 g/mol. The quantitative estimate of drug-likeness (QED) is 0.735. The summed E-state index contributed by atoms with van der Waals surface area (Å²) < 4.78 is 27.1. The lowest BCUT2D eigenvalue weighted by molar-refractivity contribution is -0.137. The first-order valence-electron chi connectivity index (χ1n) is 7.27. The molecule has 0 spiro atoms. The number of rotatable bonds is 3. The maximum atomic E-state index is 13.6. The van der Waals surface area contributed by atoms with Crippen molar-refractivity contribution in [3.05, 3.63) is 28.8 Å². The smallest absolute Gasteiger partial charge is 0.313 e.